The molecule has 1 aliphatic rings. The lowest BCUT2D eigenvalue weighted by molar-refractivity contribution is -0.165. The summed E-state index contributed by atoms with van der Waals surface area (Å²) in [6.45, 7) is 7.59. The predicted octanol–water partition coefficient (Wildman–Crippen LogP) is 7.25. The molecule has 1 aromatic heterocycles. The fraction of sp³-hybridized carbons (Fsp3) is 0.375. The minimum atomic E-state index is -1.05. The average Bonchev–Trinajstić information content (AvgIpc) is 3.57. The lowest BCUT2D eigenvalue weighted by atomic mass is 9.74. The molecule has 51 heavy (non-hydrogen) atoms. The number of likely N-dealkylation sites (tertiary alicyclic amines) is 1. The van der Waals surface area contributed by atoms with E-state index in [-0.39, 0.29) is 29.5 Å². The molecule has 1 aliphatic heterocycles. The first kappa shape index (κ1) is 37.4. The first-order chi connectivity index (χ1) is 24.5. The van der Waals surface area contributed by atoms with Crippen LogP contribution in [0.25, 0.3) is 0 Å². The molecule has 3 aromatic carbocycles. The molecule has 2 heterocycles. The van der Waals surface area contributed by atoms with E-state index in [0.717, 1.165) is 16.7 Å². The van der Waals surface area contributed by atoms with Crippen LogP contribution in [0.3, 0.4) is 0 Å². The average molecular weight is 715 g/mol. The monoisotopic (exact) mass is 714 g/mol. The number of hydrogen-bond donors (Lipinski definition) is 2. The van der Waals surface area contributed by atoms with Crippen LogP contribution in [0.5, 0.6) is 0 Å². The molecule has 2 N–H and O–H groups in total. The van der Waals surface area contributed by atoms with Gasteiger partial charge >= 0.3 is 5.97 Å². The van der Waals surface area contributed by atoms with Gasteiger partial charge in [0.05, 0.1) is 11.5 Å². The Morgan fingerprint density at radius 2 is 1.76 bits per heavy atom. The second-order valence-corrected chi connectivity index (χ2v) is 13.6. The van der Waals surface area contributed by atoms with Crippen molar-refractivity contribution in [1.82, 2.24) is 20.4 Å². The molecule has 0 saturated carbocycles. The number of rotatable bonds is 13. The van der Waals surface area contributed by atoms with Crippen LogP contribution >= 0.6 is 11.6 Å². The minimum Gasteiger partial charge on any atom is -0.460 e. The third-order valence-electron chi connectivity index (χ3n) is 10.2. The number of aryl methyl sites for hydroxylation is 1. The van der Waals surface area contributed by atoms with Crippen molar-refractivity contribution >= 4 is 29.4 Å². The number of carbonyl (C=O) groups excluding carboxylic acids is 3. The predicted molar refractivity (Wildman–Crippen MR) is 194 cm³/mol. The topological polar surface area (TPSA) is 121 Å². The van der Waals surface area contributed by atoms with E-state index in [1.807, 2.05) is 58.0 Å². The van der Waals surface area contributed by atoms with E-state index in [9.17, 15) is 23.6 Å². The Kier molecular flexibility index (Phi) is 12.1. The molecule has 2 amide bonds. The Hall–Kier alpha value is -4.83. The molecule has 9 nitrogen and oxygen atoms in total. The van der Waals surface area contributed by atoms with E-state index in [4.69, 9.17) is 16.3 Å². The Morgan fingerprint density at radius 3 is 2.41 bits per heavy atom. The molecule has 1 fully saturated rings. The summed E-state index contributed by atoms with van der Waals surface area (Å²) < 4.78 is 20.6. The van der Waals surface area contributed by atoms with Gasteiger partial charge in [0.15, 0.2) is 0 Å². The van der Waals surface area contributed by atoms with Crippen LogP contribution in [-0.2, 0) is 27.4 Å². The number of carbonyl (C=O) groups is 3. The third kappa shape index (κ3) is 8.22. The zero-order chi connectivity index (χ0) is 36.7. The fourth-order valence-electron chi connectivity index (χ4n) is 7.28. The Bertz CT molecular complexity index is 1910. The summed E-state index contributed by atoms with van der Waals surface area (Å²) >= 11 is 6.30. The standard InChI is InChI=1S/C40H44ClFN4O5/c1-5-33(44-36(47)28-14-13-27(25(4)19-28)20-29-17-18-43-45-37(29)48)38(49)46-34(30-21-31(41)23-32(42)22-30)15-16-35(46)40(6-2,7-3)39(50)51-24-26-11-9-8-10-12-26/h8-14,17-19,21-23,33-35H,5-7,15-16,20,24H2,1-4H3,(H,44,47)(H,45,48)/t33-,34+,35-/m1/s1. The van der Waals surface area contributed by atoms with Crippen molar-refractivity contribution in [2.75, 3.05) is 0 Å². The van der Waals surface area contributed by atoms with Gasteiger partial charge < -0.3 is 15.0 Å². The maximum atomic E-state index is 14.7. The van der Waals surface area contributed by atoms with Crippen LogP contribution < -0.4 is 10.9 Å². The first-order valence-corrected chi connectivity index (χ1v) is 17.8. The van der Waals surface area contributed by atoms with E-state index in [0.29, 0.717) is 48.8 Å². The summed E-state index contributed by atoms with van der Waals surface area (Å²) in [5.41, 5.74) is 2.64. The molecular formula is C40H44ClFN4O5. The number of ether oxygens (including phenoxy) is 1. The first-order valence-electron chi connectivity index (χ1n) is 17.4. The van der Waals surface area contributed by atoms with Gasteiger partial charge in [0.25, 0.3) is 11.5 Å². The van der Waals surface area contributed by atoms with Gasteiger partial charge in [-0.1, -0.05) is 68.8 Å². The van der Waals surface area contributed by atoms with Gasteiger partial charge in [-0.3, -0.25) is 19.2 Å². The normalized spacial score (nSPS) is 16.5. The zero-order valence-corrected chi connectivity index (χ0v) is 30.1. The molecule has 0 aliphatic carbocycles. The smallest absolute Gasteiger partial charge is 0.314 e. The van der Waals surface area contributed by atoms with Crippen molar-refractivity contribution in [2.24, 2.45) is 5.41 Å². The summed E-state index contributed by atoms with van der Waals surface area (Å²) in [6.07, 6.45) is 3.91. The molecule has 0 spiro atoms. The molecule has 5 rings (SSSR count). The molecule has 11 heteroatoms. The number of benzene rings is 3. The Labute approximate surface area is 302 Å². The number of hydrogen-bond acceptors (Lipinski definition) is 6. The fourth-order valence-corrected chi connectivity index (χ4v) is 7.51. The number of halogens is 2. The van der Waals surface area contributed by atoms with E-state index in [2.05, 4.69) is 15.5 Å². The SMILES string of the molecule is CC[C@@H](NC(=O)c1ccc(Cc2ccn[nH]c2=O)c(C)c1)C(=O)N1[C@H](c2cc(F)cc(Cl)c2)CC[C@@H]1C(CC)(CC)C(=O)OCc1ccccc1. The van der Waals surface area contributed by atoms with Crippen LogP contribution in [0.15, 0.2) is 83.8 Å². The summed E-state index contributed by atoms with van der Waals surface area (Å²) in [5.74, 6) is -1.74. The summed E-state index contributed by atoms with van der Waals surface area (Å²) in [5, 5.41) is 9.31. The molecule has 3 atom stereocenters. The molecular weight excluding hydrogens is 671 g/mol. The number of nitrogens with one attached hydrogen (secondary N) is 2. The Morgan fingerprint density at radius 1 is 1.02 bits per heavy atom. The molecule has 0 radical (unpaired) electrons. The van der Waals surface area contributed by atoms with Gasteiger partial charge in [-0.2, -0.15) is 5.10 Å². The van der Waals surface area contributed by atoms with E-state index >= 15 is 0 Å². The Balaban J connectivity index is 1.44. The molecule has 0 bridgehead atoms. The van der Waals surface area contributed by atoms with Crippen LogP contribution in [-0.4, -0.2) is 45.0 Å². The van der Waals surface area contributed by atoms with Crippen LogP contribution in [0, 0.1) is 18.2 Å². The summed E-state index contributed by atoms with van der Waals surface area (Å²) in [4.78, 5) is 56.3. The van der Waals surface area contributed by atoms with E-state index in [1.54, 1.807) is 35.2 Å². The van der Waals surface area contributed by atoms with Crippen molar-refractivity contribution in [1.29, 1.82) is 0 Å². The zero-order valence-electron chi connectivity index (χ0n) is 29.4. The highest BCUT2D eigenvalue weighted by Crippen LogP contribution is 2.48. The molecule has 4 aromatic rings. The van der Waals surface area contributed by atoms with Crippen LogP contribution in [0.1, 0.15) is 97.1 Å². The quantitative estimate of drug-likeness (QED) is 0.141. The lowest BCUT2D eigenvalue weighted by Crippen LogP contribution is -2.56. The van der Waals surface area contributed by atoms with Gasteiger partial charge in [-0.05, 0) is 97.7 Å². The number of aromatic nitrogens is 2. The van der Waals surface area contributed by atoms with Crippen molar-refractivity contribution in [2.45, 2.75) is 91.0 Å². The number of nitrogens with zero attached hydrogens (tertiary/aromatic N) is 2. The summed E-state index contributed by atoms with van der Waals surface area (Å²) in [7, 11) is 0. The largest absolute Gasteiger partial charge is 0.460 e. The van der Waals surface area contributed by atoms with Crippen LogP contribution in [0.4, 0.5) is 4.39 Å². The van der Waals surface area contributed by atoms with Crippen LogP contribution in [0.2, 0.25) is 5.02 Å². The van der Waals surface area contributed by atoms with Gasteiger partial charge in [-0.25, -0.2) is 9.49 Å². The number of amides is 2. The number of aromatic amines is 1. The van der Waals surface area contributed by atoms with Gasteiger partial charge in [0.2, 0.25) is 5.91 Å². The second kappa shape index (κ2) is 16.5. The van der Waals surface area contributed by atoms with Crippen molar-refractivity contribution in [3.05, 3.63) is 134 Å². The van der Waals surface area contributed by atoms with Crippen molar-refractivity contribution in [3.8, 4) is 0 Å². The maximum Gasteiger partial charge on any atom is 0.314 e. The van der Waals surface area contributed by atoms with Crippen molar-refractivity contribution in [3.63, 3.8) is 0 Å². The second-order valence-electron chi connectivity index (χ2n) is 13.1. The summed E-state index contributed by atoms with van der Waals surface area (Å²) in [6, 6.07) is 18.4. The number of esters is 1. The molecule has 268 valence electrons. The molecule has 0 unspecified atom stereocenters. The van der Waals surface area contributed by atoms with Gasteiger partial charge in [0, 0.05) is 34.8 Å². The van der Waals surface area contributed by atoms with E-state index < -0.39 is 41.2 Å². The highest BCUT2D eigenvalue weighted by atomic mass is 35.5. The number of H-pyrrole nitrogens is 1. The molecule has 1 saturated heterocycles. The van der Waals surface area contributed by atoms with Gasteiger partial charge in [0.1, 0.15) is 18.5 Å². The van der Waals surface area contributed by atoms with E-state index in [1.165, 1.54) is 18.3 Å². The minimum absolute atomic E-state index is 0.0932. The third-order valence-corrected chi connectivity index (χ3v) is 10.5. The van der Waals surface area contributed by atoms with Crippen molar-refractivity contribution < 1.29 is 23.5 Å². The highest BCUT2D eigenvalue weighted by molar-refractivity contribution is 6.30. The highest BCUT2D eigenvalue weighted by Gasteiger charge is 2.53. The maximum absolute atomic E-state index is 14.7. The van der Waals surface area contributed by atoms with Gasteiger partial charge in [-0.15, -0.1) is 0 Å². The lowest BCUT2D eigenvalue weighted by Gasteiger charge is -2.43.